The molecule has 2 heterocycles. The molecule has 0 bridgehead atoms. The molecule has 0 radical (unpaired) electrons. The summed E-state index contributed by atoms with van der Waals surface area (Å²) >= 11 is 0. The Morgan fingerprint density at radius 1 is 1.21 bits per heavy atom. The van der Waals surface area contributed by atoms with Crippen molar-refractivity contribution >= 4 is 40.1 Å². The third kappa shape index (κ3) is 4.41. The molecule has 5 atom stereocenters. The number of hydrogen-bond acceptors (Lipinski definition) is 6. The zero-order valence-electron chi connectivity index (χ0n) is 22.3. The Kier molecular flexibility index (Phi) is 6.65. The molecule has 202 valence electrons. The molecule has 2 aliphatic carbocycles. The Morgan fingerprint density at radius 3 is 2.66 bits per heavy atom. The number of ether oxygens (including phenoxy) is 1. The summed E-state index contributed by atoms with van der Waals surface area (Å²) in [5, 5.41) is 3.57. The quantitative estimate of drug-likeness (QED) is 0.515. The predicted molar refractivity (Wildman–Crippen MR) is 140 cm³/mol. The molecular weight excluding hydrogens is 486 g/mol. The van der Waals surface area contributed by atoms with Gasteiger partial charge in [0.2, 0.25) is 11.7 Å². The minimum atomic E-state index is -1.08. The van der Waals surface area contributed by atoms with Crippen molar-refractivity contribution in [3.05, 3.63) is 30.0 Å². The summed E-state index contributed by atoms with van der Waals surface area (Å²) in [7, 11) is 1.57. The third-order valence-corrected chi connectivity index (χ3v) is 8.99. The highest BCUT2D eigenvalue weighted by Gasteiger charge is 2.69. The molecule has 38 heavy (non-hydrogen) atoms. The normalized spacial score (nSPS) is 26.5. The first-order valence-corrected chi connectivity index (χ1v) is 13.4. The van der Waals surface area contributed by atoms with Crippen molar-refractivity contribution in [3.8, 4) is 5.75 Å². The van der Waals surface area contributed by atoms with Crippen LogP contribution >= 0.6 is 0 Å². The van der Waals surface area contributed by atoms with Crippen molar-refractivity contribution in [3.63, 3.8) is 0 Å². The number of carbonyl (C=O) groups excluding carboxylic acids is 5. The fourth-order valence-corrected chi connectivity index (χ4v) is 6.69. The summed E-state index contributed by atoms with van der Waals surface area (Å²) in [4.78, 5) is 69.5. The van der Waals surface area contributed by atoms with Crippen molar-refractivity contribution in [2.45, 2.75) is 65.0 Å². The standard InChI is InChI=1S/C29H35N3O6/c1-15(33)26(35)20(12-16-8-5-6-10-22(16)34)31-27(36)25-24-18(29(24,2)3)14-32(25)28(37)21-13-17-19(30-21)9-7-11-23(17)38-4/h7,9,11,13,16,18,20,24-25,30H,5-6,8,10,12,14H2,1-4H3,(H,31,36)/t16?,18-,20-,24-,25-/m0/s1. The number of benzene rings is 1. The van der Waals surface area contributed by atoms with E-state index in [1.54, 1.807) is 18.1 Å². The first-order chi connectivity index (χ1) is 18.0. The number of amides is 2. The number of aromatic nitrogens is 1. The number of fused-ring (bicyclic) bond motifs is 2. The molecule has 2 saturated carbocycles. The zero-order valence-corrected chi connectivity index (χ0v) is 22.3. The highest BCUT2D eigenvalue weighted by molar-refractivity contribution is 6.38. The second kappa shape index (κ2) is 9.67. The molecule has 5 rings (SSSR count). The van der Waals surface area contributed by atoms with Gasteiger partial charge in [-0.3, -0.25) is 24.0 Å². The summed E-state index contributed by atoms with van der Waals surface area (Å²) in [5.41, 5.74) is 0.982. The molecular formula is C29H35N3O6. The lowest BCUT2D eigenvalue weighted by Gasteiger charge is -2.31. The van der Waals surface area contributed by atoms with Crippen LogP contribution in [-0.4, -0.2) is 64.8 Å². The summed E-state index contributed by atoms with van der Waals surface area (Å²) in [6.07, 6.45) is 2.92. The molecule has 1 aromatic heterocycles. The Balaban J connectivity index is 1.40. The highest BCUT2D eigenvalue weighted by Crippen LogP contribution is 2.65. The Morgan fingerprint density at radius 2 is 1.97 bits per heavy atom. The topological polar surface area (TPSA) is 126 Å². The molecule has 2 aromatic rings. The molecule has 1 saturated heterocycles. The average Bonchev–Trinajstić information content (AvgIpc) is 3.27. The summed E-state index contributed by atoms with van der Waals surface area (Å²) < 4.78 is 5.42. The molecule has 9 nitrogen and oxygen atoms in total. The van der Waals surface area contributed by atoms with Crippen LogP contribution in [0.2, 0.25) is 0 Å². The fourth-order valence-electron chi connectivity index (χ4n) is 6.69. The maximum absolute atomic E-state index is 13.8. The van der Waals surface area contributed by atoms with Gasteiger partial charge in [0.15, 0.2) is 5.78 Å². The minimum absolute atomic E-state index is 0.0604. The SMILES string of the molecule is COc1cccc2[nH]c(C(=O)N3C[C@H]4[C@@H]([C@H]3C(=O)N[C@@H](CC3CCCCC3=O)C(=O)C(C)=O)C4(C)C)cc12. The van der Waals surface area contributed by atoms with E-state index >= 15 is 0 Å². The van der Waals surface area contributed by atoms with Crippen molar-refractivity contribution in [1.82, 2.24) is 15.2 Å². The monoisotopic (exact) mass is 521 g/mol. The Bertz CT molecular complexity index is 1330. The van der Waals surface area contributed by atoms with E-state index in [-0.39, 0.29) is 41.3 Å². The van der Waals surface area contributed by atoms with Gasteiger partial charge in [0.1, 0.15) is 23.3 Å². The number of hydrogen-bond donors (Lipinski definition) is 2. The molecule has 3 aliphatic rings. The number of likely N-dealkylation sites (tertiary alicyclic amines) is 1. The van der Waals surface area contributed by atoms with E-state index in [4.69, 9.17) is 4.74 Å². The molecule has 1 aliphatic heterocycles. The number of nitrogens with one attached hydrogen (secondary N) is 2. The second-order valence-electron chi connectivity index (χ2n) is 11.6. The maximum Gasteiger partial charge on any atom is 0.271 e. The van der Waals surface area contributed by atoms with Crippen molar-refractivity contribution in [1.29, 1.82) is 0 Å². The van der Waals surface area contributed by atoms with E-state index in [9.17, 15) is 24.0 Å². The Labute approximate surface area is 221 Å². The van der Waals surface area contributed by atoms with Crippen LogP contribution < -0.4 is 10.1 Å². The van der Waals surface area contributed by atoms with Gasteiger partial charge in [0.25, 0.3) is 5.91 Å². The van der Waals surface area contributed by atoms with Gasteiger partial charge in [-0.1, -0.05) is 26.3 Å². The summed E-state index contributed by atoms with van der Waals surface area (Å²) in [6.45, 7) is 5.77. The minimum Gasteiger partial charge on any atom is -0.496 e. The number of carbonyl (C=O) groups is 5. The van der Waals surface area contributed by atoms with Crippen LogP contribution in [0.3, 0.4) is 0 Å². The van der Waals surface area contributed by atoms with Crippen molar-refractivity contribution in [2.75, 3.05) is 13.7 Å². The fraction of sp³-hybridized carbons (Fsp3) is 0.552. The average molecular weight is 522 g/mol. The first-order valence-electron chi connectivity index (χ1n) is 13.4. The van der Waals surface area contributed by atoms with Crippen molar-refractivity contribution < 1.29 is 28.7 Å². The van der Waals surface area contributed by atoms with Crippen LogP contribution in [0.5, 0.6) is 5.75 Å². The number of aromatic amines is 1. The van der Waals surface area contributed by atoms with E-state index in [0.29, 0.717) is 30.8 Å². The van der Waals surface area contributed by atoms with Gasteiger partial charge in [-0.15, -0.1) is 0 Å². The van der Waals surface area contributed by atoms with Gasteiger partial charge in [0.05, 0.1) is 13.2 Å². The molecule has 1 unspecified atom stereocenters. The van der Waals surface area contributed by atoms with Gasteiger partial charge in [-0.2, -0.15) is 0 Å². The van der Waals surface area contributed by atoms with Gasteiger partial charge in [0, 0.05) is 36.7 Å². The second-order valence-corrected chi connectivity index (χ2v) is 11.6. The van der Waals surface area contributed by atoms with Gasteiger partial charge < -0.3 is 19.9 Å². The zero-order chi connectivity index (χ0) is 27.4. The largest absolute Gasteiger partial charge is 0.496 e. The van der Waals surface area contributed by atoms with E-state index < -0.39 is 29.6 Å². The number of rotatable bonds is 8. The maximum atomic E-state index is 13.8. The number of nitrogens with zero attached hydrogens (tertiary/aromatic N) is 1. The van der Waals surface area contributed by atoms with E-state index in [1.807, 2.05) is 18.2 Å². The molecule has 2 amide bonds. The third-order valence-electron chi connectivity index (χ3n) is 8.99. The van der Waals surface area contributed by atoms with Crippen LogP contribution in [0.1, 0.15) is 63.4 Å². The van der Waals surface area contributed by atoms with Crippen LogP contribution in [0.15, 0.2) is 24.3 Å². The van der Waals surface area contributed by atoms with E-state index in [2.05, 4.69) is 24.1 Å². The number of Topliss-reactive ketones (excluding diaryl/α,β-unsaturated/α-hetero) is 3. The summed E-state index contributed by atoms with van der Waals surface area (Å²) in [6, 6.07) is 5.38. The molecule has 3 fully saturated rings. The number of H-pyrrole nitrogens is 1. The number of methoxy groups -OCH3 is 1. The lowest BCUT2D eigenvalue weighted by molar-refractivity contribution is -0.139. The van der Waals surface area contributed by atoms with Crippen LogP contribution in [0.25, 0.3) is 10.9 Å². The van der Waals surface area contributed by atoms with E-state index in [0.717, 1.165) is 23.7 Å². The highest BCUT2D eigenvalue weighted by atomic mass is 16.5. The Hall–Kier alpha value is -3.49. The first kappa shape index (κ1) is 26.1. The molecule has 0 spiro atoms. The van der Waals surface area contributed by atoms with Gasteiger partial charge in [-0.25, -0.2) is 0 Å². The summed E-state index contributed by atoms with van der Waals surface area (Å²) in [5.74, 6) is -1.67. The lowest BCUT2D eigenvalue weighted by Crippen LogP contribution is -2.54. The van der Waals surface area contributed by atoms with Crippen LogP contribution in [-0.2, 0) is 19.2 Å². The van der Waals surface area contributed by atoms with Gasteiger partial charge in [-0.05, 0) is 54.7 Å². The van der Waals surface area contributed by atoms with Crippen LogP contribution in [0.4, 0.5) is 0 Å². The van der Waals surface area contributed by atoms with Crippen molar-refractivity contribution in [2.24, 2.45) is 23.2 Å². The van der Waals surface area contributed by atoms with E-state index in [1.165, 1.54) is 6.92 Å². The number of ketones is 3. The number of piperidine rings is 1. The molecule has 2 N–H and O–H groups in total. The smallest absolute Gasteiger partial charge is 0.271 e. The van der Waals surface area contributed by atoms with Crippen LogP contribution in [0, 0.1) is 23.2 Å². The molecule has 1 aromatic carbocycles. The van der Waals surface area contributed by atoms with Gasteiger partial charge >= 0.3 is 0 Å². The predicted octanol–water partition coefficient (Wildman–Crippen LogP) is 3.07. The lowest BCUT2D eigenvalue weighted by atomic mass is 9.82. The molecule has 9 heteroatoms.